The number of hydrogen-bond acceptors (Lipinski definition) is 7. The molecule has 2 amide bonds. The normalized spacial score (nSPS) is 17.9. The van der Waals surface area contributed by atoms with Crippen molar-refractivity contribution < 1.29 is 14.4 Å². The van der Waals surface area contributed by atoms with Crippen LogP contribution in [0.1, 0.15) is 18.2 Å². The minimum Gasteiger partial charge on any atom is -0.383 e. The van der Waals surface area contributed by atoms with E-state index in [4.69, 9.17) is 14.7 Å². The molecule has 4 rings (SSSR count). The van der Waals surface area contributed by atoms with Crippen LogP contribution in [0.25, 0.3) is 16.9 Å². The third kappa shape index (κ3) is 6.72. The first kappa shape index (κ1) is 26.7. The van der Waals surface area contributed by atoms with Crippen molar-refractivity contribution in [2.24, 2.45) is 0 Å². The summed E-state index contributed by atoms with van der Waals surface area (Å²) in [6.07, 6.45) is 2.52. The van der Waals surface area contributed by atoms with E-state index in [-0.39, 0.29) is 18.2 Å². The summed E-state index contributed by atoms with van der Waals surface area (Å²) in [5.74, 6) is 0.619. The molecule has 2 aromatic heterocycles. The van der Waals surface area contributed by atoms with Crippen LogP contribution in [0.15, 0.2) is 48.7 Å². The number of nitrogens with one attached hydrogen (secondary N) is 2. The second kappa shape index (κ2) is 12.3. The molecule has 1 fully saturated rings. The Labute approximate surface area is 218 Å². The molecule has 10 heteroatoms. The van der Waals surface area contributed by atoms with Gasteiger partial charge in [-0.2, -0.15) is 10.2 Å². The molecule has 10 nitrogen and oxygen atoms in total. The van der Waals surface area contributed by atoms with E-state index in [0.717, 1.165) is 41.2 Å². The number of methoxy groups -OCH3 is 1. The zero-order valence-electron chi connectivity index (χ0n) is 22.3. The van der Waals surface area contributed by atoms with E-state index in [1.165, 1.54) is 0 Å². The maximum Gasteiger partial charge on any atom is 0.320 e. The molecule has 1 aliphatic rings. The van der Waals surface area contributed by atoms with Gasteiger partial charge in [0.2, 0.25) is 0 Å². The molecular formula is C27H37N7O3. The Bertz CT molecular complexity index is 1180. The SMILES string of the molecule is COCCN1C[C@@H](NC(=O)Nc2c(C)c(-c3ccnc(CCN(C)C)c3)nn2-c2ccccc2)[C@H](C)O1. The van der Waals surface area contributed by atoms with Crippen LogP contribution in [0.2, 0.25) is 0 Å². The van der Waals surface area contributed by atoms with E-state index in [9.17, 15) is 4.79 Å². The fourth-order valence-electron chi connectivity index (χ4n) is 4.30. The number of nitrogens with zero attached hydrogens (tertiary/aromatic N) is 5. The van der Waals surface area contributed by atoms with Crippen LogP contribution >= 0.6 is 0 Å². The van der Waals surface area contributed by atoms with E-state index in [0.29, 0.717) is 25.5 Å². The summed E-state index contributed by atoms with van der Waals surface area (Å²) in [7, 11) is 5.76. The van der Waals surface area contributed by atoms with Crippen LogP contribution in [-0.2, 0) is 16.0 Å². The van der Waals surface area contributed by atoms with Crippen LogP contribution in [0.4, 0.5) is 10.6 Å². The van der Waals surface area contributed by atoms with Gasteiger partial charge in [0.05, 0.1) is 30.1 Å². The van der Waals surface area contributed by atoms with Gasteiger partial charge in [0.15, 0.2) is 0 Å². The number of aromatic nitrogens is 3. The van der Waals surface area contributed by atoms with Crippen molar-refractivity contribution in [2.75, 3.05) is 52.8 Å². The van der Waals surface area contributed by atoms with Crippen molar-refractivity contribution in [3.05, 3.63) is 59.9 Å². The number of urea groups is 1. The molecule has 0 bridgehead atoms. The van der Waals surface area contributed by atoms with Gasteiger partial charge in [-0.3, -0.25) is 15.1 Å². The highest BCUT2D eigenvalue weighted by Crippen LogP contribution is 2.30. The predicted octanol–water partition coefficient (Wildman–Crippen LogP) is 3.12. The van der Waals surface area contributed by atoms with E-state index in [1.807, 2.05) is 75.6 Å². The molecule has 2 N–H and O–H groups in total. The number of ether oxygens (including phenoxy) is 1. The van der Waals surface area contributed by atoms with Gasteiger partial charge in [0.25, 0.3) is 0 Å². The zero-order valence-corrected chi connectivity index (χ0v) is 22.3. The van der Waals surface area contributed by atoms with Gasteiger partial charge in [-0.15, -0.1) is 0 Å². The van der Waals surface area contributed by atoms with Gasteiger partial charge in [-0.25, -0.2) is 9.48 Å². The number of benzene rings is 1. The smallest absolute Gasteiger partial charge is 0.320 e. The van der Waals surface area contributed by atoms with Gasteiger partial charge in [-0.05, 0) is 52.2 Å². The lowest BCUT2D eigenvalue weighted by Gasteiger charge is -2.16. The quantitative estimate of drug-likeness (QED) is 0.435. The first-order chi connectivity index (χ1) is 17.9. The molecule has 1 saturated heterocycles. The number of hydroxylamine groups is 2. The van der Waals surface area contributed by atoms with Crippen molar-refractivity contribution in [1.29, 1.82) is 0 Å². The number of likely N-dealkylation sites (N-methyl/N-ethyl adjacent to an activating group) is 1. The average molecular weight is 508 g/mol. The maximum absolute atomic E-state index is 13.1. The van der Waals surface area contributed by atoms with Crippen LogP contribution < -0.4 is 10.6 Å². The third-order valence-corrected chi connectivity index (χ3v) is 6.40. The van der Waals surface area contributed by atoms with Crippen molar-refractivity contribution >= 4 is 11.8 Å². The predicted molar refractivity (Wildman–Crippen MR) is 144 cm³/mol. The number of para-hydroxylation sites is 1. The minimum absolute atomic E-state index is 0.143. The van der Waals surface area contributed by atoms with E-state index < -0.39 is 0 Å². The lowest BCUT2D eigenvalue weighted by Crippen LogP contribution is -2.44. The monoisotopic (exact) mass is 507 g/mol. The summed E-state index contributed by atoms with van der Waals surface area (Å²) in [5, 5.41) is 12.9. The van der Waals surface area contributed by atoms with Crippen molar-refractivity contribution in [1.82, 2.24) is 30.0 Å². The Balaban J connectivity index is 1.58. The second-order valence-electron chi connectivity index (χ2n) is 9.55. The average Bonchev–Trinajstić information content (AvgIpc) is 3.40. The molecular weight excluding hydrogens is 470 g/mol. The Kier molecular flexibility index (Phi) is 8.88. The molecule has 1 aliphatic heterocycles. The number of anilines is 1. The highest BCUT2D eigenvalue weighted by molar-refractivity contribution is 5.91. The summed E-state index contributed by atoms with van der Waals surface area (Å²) in [5.41, 5.74) is 4.50. The Hall–Kier alpha value is -3.31. The second-order valence-corrected chi connectivity index (χ2v) is 9.55. The van der Waals surface area contributed by atoms with E-state index in [2.05, 4.69) is 26.6 Å². The van der Waals surface area contributed by atoms with Gasteiger partial charge in [0, 0.05) is 56.2 Å². The van der Waals surface area contributed by atoms with Gasteiger partial charge in [-0.1, -0.05) is 18.2 Å². The maximum atomic E-state index is 13.1. The molecule has 0 radical (unpaired) electrons. The molecule has 3 heterocycles. The number of pyridine rings is 1. The molecule has 3 aromatic rings. The standard InChI is InChI=1S/C27H37N7O3/c1-19-25(21-11-13-28-22(17-21)12-14-32(3)4)31-34(23-9-7-6-8-10-23)26(19)30-27(35)29-24-18-33(15-16-36-5)37-20(24)2/h6-11,13,17,20,24H,12,14-16,18H2,1-5H3,(H2,29,30,35)/t20-,24+/m0/s1. The van der Waals surface area contributed by atoms with Crippen LogP contribution in [0, 0.1) is 6.92 Å². The van der Waals surface area contributed by atoms with E-state index >= 15 is 0 Å². The molecule has 198 valence electrons. The molecule has 2 atom stereocenters. The van der Waals surface area contributed by atoms with E-state index in [1.54, 1.807) is 11.8 Å². The fourth-order valence-corrected chi connectivity index (χ4v) is 4.30. The number of carbonyl (C=O) groups excluding carboxylic acids is 1. The molecule has 37 heavy (non-hydrogen) atoms. The summed E-state index contributed by atoms with van der Waals surface area (Å²) in [4.78, 5) is 25.6. The van der Waals surface area contributed by atoms with Crippen LogP contribution in [-0.4, -0.2) is 90.4 Å². The summed E-state index contributed by atoms with van der Waals surface area (Å²) < 4.78 is 6.92. The topological polar surface area (TPSA) is 96.8 Å². The number of hydrogen-bond donors (Lipinski definition) is 2. The van der Waals surface area contributed by atoms with Crippen molar-refractivity contribution in [2.45, 2.75) is 32.4 Å². The Morgan fingerprint density at radius 2 is 2.03 bits per heavy atom. The fraction of sp³-hybridized carbons (Fsp3) is 0.444. The van der Waals surface area contributed by atoms with Crippen molar-refractivity contribution in [3.8, 4) is 16.9 Å². The molecule has 0 spiro atoms. The van der Waals surface area contributed by atoms with Gasteiger partial charge >= 0.3 is 6.03 Å². The zero-order chi connectivity index (χ0) is 26.4. The van der Waals surface area contributed by atoms with Crippen LogP contribution in [0.5, 0.6) is 0 Å². The third-order valence-electron chi connectivity index (χ3n) is 6.40. The lowest BCUT2D eigenvalue weighted by molar-refractivity contribution is -0.146. The Morgan fingerprint density at radius 3 is 2.76 bits per heavy atom. The molecule has 0 aliphatic carbocycles. The lowest BCUT2D eigenvalue weighted by atomic mass is 10.1. The van der Waals surface area contributed by atoms with Gasteiger partial charge in [0.1, 0.15) is 5.82 Å². The van der Waals surface area contributed by atoms with Crippen LogP contribution in [0.3, 0.4) is 0 Å². The number of carbonyl (C=O) groups is 1. The number of amides is 2. The molecule has 0 unspecified atom stereocenters. The minimum atomic E-state index is -0.304. The van der Waals surface area contributed by atoms with Crippen molar-refractivity contribution in [3.63, 3.8) is 0 Å². The Morgan fingerprint density at radius 1 is 1.24 bits per heavy atom. The first-order valence-corrected chi connectivity index (χ1v) is 12.6. The summed E-state index contributed by atoms with van der Waals surface area (Å²) >= 11 is 0. The highest BCUT2D eigenvalue weighted by Gasteiger charge is 2.32. The van der Waals surface area contributed by atoms with Gasteiger partial charge < -0.3 is 15.0 Å². The molecule has 1 aromatic carbocycles. The largest absolute Gasteiger partial charge is 0.383 e. The molecule has 0 saturated carbocycles. The summed E-state index contributed by atoms with van der Waals surface area (Å²) in [6.45, 7) is 6.64. The highest BCUT2D eigenvalue weighted by atomic mass is 16.7. The summed E-state index contributed by atoms with van der Waals surface area (Å²) in [6, 6.07) is 13.4. The number of rotatable bonds is 10. The first-order valence-electron chi connectivity index (χ1n) is 12.6.